The summed E-state index contributed by atoms with van der Waals surface area (Å²) in [5, 5.41) is 2.20. The normalized spacial score (nSPS) is 11.6. The molecule has 0 amide bonds. The van der Waals surface area contributed by atoms with Crippen molar-refractivity contribution in [1.82, 2.24) is 0 Å². The number of fused-ring (bicyclic) bond motifs is 2. The molecule has 0 unspecified atom stereocenters. The summed E-state index contributed by atoms with van der Waals surface area (Å²) in [5.41, 5.74) is 6.52. The van der Waals surface area contributed by atoms with E-state index in [4.69, 9.17) is 14.2 Å². The summed E-state index contributed by atoms with van der Waals surface area (Å²) in [6.07, 6.45) is 4.28. The van der Waals surface area contributed by atoms with Crippen LogP contribution in [-0.2, 0) is 4.74 Å². The maximum atomic E-state index is 5.55. The van der Waals surface area contributed by atoms with Crippen LogP contribution in [0.15, 0.2) is 73.1 Å². The number of aryl methyl sites for hydroxylation is 2. The molecule has 0 aliphatic rings. The predicted molar refractivity (Wildman–Crippen MR) is 130 cm³/mol. The minimum absolute atomic E-state index is 0.626. The Hall–Kier alpha value is -3.79. The Balaban J connectivity index is 2.05. The number of aromatic nitrogens is 1. The highest BCUT2D eigenvalue weighted by molar-refractivity contribution is 5.95. The van der Waals surface area contributed by atoms with Gasteiger partial charge in [0.1, 0.15) is 5.76 Å². The van der Waals surface area contributed by atoms with Gasteiger partial charge in [-0.25, -0.2) is 0 Å². The van der Waals surface area contributed by atoms with Crippen LogP contribution in [0.1, 0.15) is 22.4 Å². The number of hydrogen-bond donors (Lipinski definition) is 0. The monoisotopic (exact) mass is 426 g/mol. The van der Waals surface area contributed by atoms with Crippen molar-refractivity contribution >= 4 is 27.9 Å². The molecule has 4 nitrogen and oxygen atoms in total. The van der Waals surface area contributed by atoms with Crippen LogP contribution in [0.5, 0.6) is 11.5 Å². The fourth-order valence-corrected chi connectivity index (χ4v) is 4.12. The predicted octanol–water partition coefficient (Wildman–Crippen LogP) is 5.91. The van der Waals surface area contributed by atoms with E-state index < -0.39 is 0 Å². The molecule has 0 atom stereocenters. The van der Waals surface area contributed by atoms with E-state index in [0.717, 1.165) is 44.4 Å². The lowest BCUT2D eigenvalue weighted by atomic mass is 9.97. The van der Waals surface area contributed by atoms with E-state index in [1.54, 1.807) is 21.3 Å². The number of methoxy groups -OCH3 is 3. The van der Waals surface area contributed by atoms with E-state index >= 15 is 0 Å². The number of rotatable bonds is 6. The van der Waals surface area contributed by atoms with Crippen LogP contribution in [0.25, 0.3) is 27.9 Å². The van der Waals surface area contributed by atoms with Gasteiger partial charge in [0.2, 0.25) is 5.52 Å². The first kappa shape index (κ1) is 21.4. The molecule has 32 heavy (non-hydrogen) atoms. The molecule has 0 bridgehead atoms. The van der Waals surface area contributed by atoms with E-state index in [-0.39, 0.29) is 0 Å². The van der Waals surface area contributed by atoms with Gasteiger partial charge in [0.05, 0.1) is 32.3 Å². The lowest BCUT2D eigenvalue weighted by molar-refractivity contribution is -0.518. The molecule has 0 fully saturated rings. The van der Waals surface area contributed by atoms with Crippen LogP contribution in [0.2, 0.25) is 0 Å². The number of hydrogen-bond acceptors (Lipinski definition) is 3. The quantitative estimate of drug-likeness (QED) is 0.166. The second-order valence-corrected chi connectivity index (χ2v) is 7.74. The van der Waals surface area contributed by atoms with Crippen molar-refractivity contribution in [2.45, 2.75) is 13.8 Å². The Morgan fingerprint density at radius 2 is 1.59 bits per heavy atom. The van der Waals surface area contributed by atoms with Gasteiger partial charge in [-0.05, 0) is 41.6 Å². The van der Waals surface area contributed by atoms with Crippen molar-refractivity contribution in [1.29, 1.82) is 0 Å². The van der Waals surface area contributed by atoms with Crippen LogP contribution in [0.3, 0.4) is 0 Å². The van der Waals surface area contributed by atoms with Crippen molar-refractivity contribution in [2.24, 2.45) is 0 Å². The average Bonchev–Trinajstić information content (AvgIpc) is 2.83. The highest BCUT2D eigenvalue weighted by Gasteiger charge is 2.20. The Labute approximate surface area is 189 Å². The molecule has 4 aromatic rings. The van der Waals surface area contributed by atoms with Crippen LogP contribution < -0.4 is 13.9 Å². The molecular weight excluding hydrogens is 398 g/mol. The van der Waals surface area contributed by atoms with Gasteiger partial charge in [-0.15, -0.1) is 0 Å². The number of ether oxygens (including phenoxy) is 3. The minimum atomic E-state index is 0.626. The second-order valence-electron chi connectivity index (χ2n) is 7.74. The SMILES string of the molecule is C=C(OC)C(=Cc1c(C)cc[n+]2c(C)c3cc(OC)c(OC)cc3cc12)c1ccccc1. The third kappa shape index (κ3) is 3.69. The molecule has 2 aromatic carbocycles. The van der Waals surface area contributed by atoms with Gasteiger partial charge < -0.3 is 14.2 Å². The molecular formula is C28H28NO3+. The zero-order chi connectivity index (χ0) is 22.8. The molecule has 2 aromatic heterocycles. The summed E-state index contributed by atoms with van der Waals surface area (Å²) in [7, 11) is 4.97. The van der Waals surface area contributed by atoms with Crippen molar-refractivity contribution < 1.29 is 18.6 Å². The van der Waals surface area contributed by atoms with Crippen molar-refractivity contribution in [3.8, 4) is 11.5 Å². The largest absolute Gasteiger partial charge is 0.497 e. The first-order valence-corrected chi connectivity index (χ1v) is 10.5. The Kier molecular flexibility index (Phi) is 5.87. The molecule has 4 heteroatoms. The van der Waals surface area contributed by atoms with E-state index in [1.165, 1.54) is 5.56 Å². The van der Waals surface area contributed by atoms with Gasteiger partial charge in [0, 0.05) is 24.6 Å². The van der Waals surface area contributed by atoms with E-state index in [0.29, 0.717) is 11.5 Å². The first-order chi connectivity index (χ1) is 15.5. The van der Waals surface area contributed by atoms with Gasteiger partial charge >= 0.3 is 0 Å². The van der Waals surface area contributed by atoms with Crippen molar-refractivity contribution in [3.63, 3.8) is 0 Å². The molecule has 0 N–H and O–H groups in total. The third-order valence-electron chi connectivity index (χ3n) is 5.95. The molecule has 0 aliphatic heterocycles. The molecule has 0 saturated heterocycles. The highest BCUT2D eigenvalue weighted by atomic mass is 16.5. The second kappa shape index (κ2) is 8.75. The maximum Gasteiger partial charge on any atom is 0.219 e. The van der Waals surface area contributed by atoms with Gasteiger partial charge in [-0.3, -0.25) is 0 Å². The van der Waals surface area contributed by atoms with Gasteiger partial charge in [0.15, 0.2) is 23.4 Å². The number of benzene rings is 2. The van der Waals surface area contributed by atoms with E-state index in [1.807, 2.05) is 30.3 Å². The lowest BCUT2D eigenvalue weighted by Gasteiger charge is -2.13. The maximum absolute atomic E-state index is 5.55. The minimum Gasteiger partial charge on any atom is -0.497 e. The van der Waals surface area contributed by atoms with Crippen molar-refractivity contribution in [3.05, 3.63) is 95.5 Å². The molecule has 0 saturated carbocycles. The lowest BCUT2D eigenvalue weighted by Crippen LogP contribution is -2.27. The first-order valence-electron chi connectivity index (χ1n) is 10.5. The fourth-order valence-electron chi connectivity index (χ4n) is 4.12. The molecule has 0 aliphatic carbocycles. The average molecular weight is 427 g/mol. The summed E-state index contributed by atoms with van der Waals surface area (Å²) in [4.78, 5) is 0. The number of nitrogens with zero attached hydrogens (tertiary/aromatic N) is 1. The smallest absolute Gasteiger partial charge is 0.219 e. The Morgan fingerprint density at radius 1 is 0.906 bits per heavy atom. The summed E-state index contributed by atoms with van der Waals surface area (Å²) < 4.78 is 18.8. The van der Waals surface area contributed by atoms with E-state index in [9.17, 15) is 0 Å². The zero-order valence-corrected chi connectivity index (χ0v) is 19.2. The summed E-state index contributed by atoms with van der Waals surface area (Å²) in [6.45, 7) is 8.38. The summed E-state index contributed by atoms with van der Waals surface area (Å²) in [5.74, 6) is 2.06. The van der Waals surface area contributed by atoms with Gasteiger partial charge in [-0.1, -0.05) is 36.9 Å². The van der Waals surface area contributed by atoms with Crippen LogP contribution in [0, 0.1) is 13.8 Å². The topological polar surface area (TPSA) is 31.8 Å². The van der Waals surface area contributed by atoms with Gasteiger partial charge in [0.25, 0.3) is 0 Å². The Morgan fingerprint density at radius 3 is 2.25 bits per heavy atom. The van der Waals surface area contributed by atoms with Crippen LogP contribution in [0.4, 0.5) is 0 Å². The number of pyridine rings is 2. The third-order valence-corrected chi connectivity index (χ3v) is 5.95. The van der Waals surface area contributed by atoms with Crippen LogP contribution >= 0.6 is 0 Å². The van der Waals surface area contributed by atoms with Crippen molar-refractivity contribution in [2.75, 3.05) is 21.3 Å². The molecule has 4 rings (SSSR count). The summed E-state index contributed by atoms with van der Waals surface area (Å²) in [6, 6.07) is 18.6. The number of allylic oxidation sites excluding steroid dienone is 1. The fraction of sp³-hybridized carbons (Fsp3) is 0.179. The standard InChI is InChI=1S/C28H28NO3/c1-18-12-13-29-19(2)24-17-28(32-6)27(31-5)15-22(24)14-26(29)23(18)16-25(20(3)30-4)21-10-8-7-9-11-21/h7-17H,3H2,1-2,4-6H3/q+1. The Bertz CT molecular complexity index is 1350. The van der Waals surface area contributed by atoms with Gasteiger partial charge in [-0.2, -0.15) is 4.40 Å². The molecule has 0 spiro atoms. The van der Waals surface area contributed by atoms with Crippen LogP contribution in [-0.4, -0.2) is 21.3 Å². The molecule has 2 heterocycles. The van der Waals surface area contributed by atoms with E-state index in [2.05, 4.69) is 61.4 Å². The molecule has 162 valence electrons. The molecule has 0 radical (unpaired) electrons. The summed E-state index contributed by atoms with van der Waals surface area (Å²) >= 11 is 0. The zero-order valence-electron chi connectivity index (χ0n) is 19.2. The highest BCUT2D eigenvalue weighted by Crippen LogP contribution is 2.34.